The standard InChI is InChI=1S/C18H20ClN3O/c1-3-13-4-6-14(7-5-13)15-8-10-22(11-9-15)16-12-20-21(2)18(23)17(16)19/h4-8,12H,3,9-11H2,1-2H3. The third kappa shape index (κ3) is 3.17. The molecule has 2 aromatic rings. The number of anilines is 1. The predicted octanol–water partition coefficient (Wildman–Crippen LogP) is 3.29. The second kappa shape index (κ2) is 6.59. The maximum atomic E-state index is 11.9. The number of aryl methyl sites for hydroxylation is 2. The topological polar surface area (TPSA) is 38.1 Å². The number of hydrogen-bond donors (Lipinski definition) is 0. The molecule has 0 N–H and O–H groups in total. The number of halogens is 1. The van der Waals surface area contributed by atoms with Gasteiger partial charge in [0.1, 0.15) is 5.02 Å². The van der Waals surface area contributed by atoms with Gasteiger partial charge in [-0.2, -0.15) is 5.10 Å². The van der Waals surface area contributed by atoms with Crippen molar-refractivity contribution in [3.8, 4) is 0 Å². The van der Waals surface area contributed by atoms with Crippen molar-refractivity contribution >= 4 is 22.9 Å². The molecule has 0 fully saturated rings. The van der Waals surface area contributed by atoms with Crippen molar-refractivity contribution in [1.29, 1.82) is 0 Å². The van der Waals surface area contributed by atoms with E-state index in [1.807, 2.05) is 0 Å². The number of nitrogens with zero attached hydrogens (tertiary/aromatic N) is 3. The van der Waals surface area contributed by atoms with Gasteiger partial charge in [-0.25, -0.2) is 4.68 Å². The third-order valence-corrected chi connectivity index (χ3v) is 4.70. The largest absolute Gasteiger partial charge is 0.365 e. The summed E-state index contributed by atoms with van der Waals surface area (Å²) in [7, 11) is 1.60. The lowest BCUT2D eigenvalue weighted by Crippen LogP contribution is -2.31. The lowest BCUT2D eigenvalue weighted by molar-refractivity contribution is 0.700. The Balaban J connectivity index is 1.80. The van der Waals surface area contributed by atoms with E-state index in [-0.39, 0.29) is 10.6 Å². The van der Waals surface area contributed by atoms with Crippen LogP contribution in [0.5, 0.6) is 0 Å². The Bertz CT molecular complexity index is 793. The van der Waals surface area contributed by atoms with E-state index < -0.39 is 0 Å². The van der Waals surface area contributed by atoms with Gasteiger partial charge in [0, 0.05) is 20.1 Å². The van der Waals surface area contributed by atoms with Gasteiger partial charge in [0.05, 0.1) is 11.9 Å². The second-order valence-electron chi connectivity index (χ2n) is 5.75. The van der Waals surface area contributed by atoms with Gasteiger partial charge in [-0.05, 0) is 29.5 Å². The molecule has 5 heteroatoms. The van der Waals surface area contributed by atoms with Crippen LogP contribution in [0.15, 0.2) is 41.3 Å². The van der Waals surface area contributed by atoms with E-state index in [1.54, 1.807) is 13.2 Å². The minimum absolute atomic E-state index is 0.242. The van der Waals surface area contributed by atoms with Crippen molar-refractivity contribution in [3.05, 3.63) is 63.0 Å². The van der Waals surface area contributed by atoms with Crippen LogP contribution in [0.2, 0.25) is 5.02 Å². The minimum atomic E-state index is -0.255. The average molecular weight is 330 g/mol. The summed E-state index contributed by atoms with van der Waals surface area (Å²) in [6.07, 6.45) is 5.86. The van der Waals surface area contributed by atoms with Crippen molar-refractivity contribution in [1.82, 2.24) is 9.78 Å². The molecule has 0 aliphatic carbocycles. The average Bonchev–Trinajstić information content (AvgIpc) is 2.60. The van der Waals surface area contributed by atoms with Gasteiger partial charge in [-0.3, -0.25) is 4.79 Å². The number of hydrogen-bond acceptors (Lipinski definition) is 3. The van der Waals surface area contributed by atoms with Crippen molar-refractivity contribution in [2.75, 3.05) is 18.0 Å². The van der Waals surface area contributed by atoms with Crippen LogP contribution in [0.25, 0.3) is 5.57 Å². The highest BCUT2D eigenvalue weighted by Gasteiger charge is 2.18. The molecule has 3 rings (SSSR count). The van der Waals surface area contributed by atoms with Crippen molar-refractivity contribution in [3.63, 3.8) is 0 Å². The molecule has 1 aliphatic heterocycles. The fourth-order valence-electron chi connectivity index (χ4n) is 2.83. The number of benzene rings is 1. The Kier molecular flexibility index (Phi) is 4.53. The van der Waals surface area contributed by atoms with Crippen molar-refractivity contribution in [2.45, 2.75) is 19.8 Å². The molecule has 2 heterocycles. The monoisotopic (exact) mass is 329 g/mol. The second-order valence-corrected chi connectivity index (χ2v) is 6.13. The van der Waals surface area contributed by atoms with E-state index in [2.05, 4.69) is 47.3 Å². The van der Waals surface area contributed by atoms with Gasteiger partial charge >= 0.3 is 0 Å². The molecule has 0 saturated heterocycles. The zero-order valence-electron chi connectivity index (χ0n) is 13.4. The molecule has 0 amide bonds. The van der Waals surface area contributed by atoms with Gasteiger partial charge in [-0.15, -0.1) is 0 Å². The van der Waals surface area contributed by atoms with Crippen LogP contribution >= 0.6 is 11.6 Å². The first-order valence-electron chi connectivity index (χ1n) is 7.85. The van der Waals surface area contributed by atoms with E-state index in [0.717, 1.165) is 25.9 Å². The Morgan fingerprint density at radius 3 is 2.61 bits per heavy atom. The van der Waals surface area contributed by atoms with Gasteiger partial charge in [0.25, 0.3) is 5.56 Å². The maximum absolute atomic E-state index is 11.9. The maximum Gasteiger partial charge on any atom is 0.287 e. The molecule has 23 heavy (non-hydrogen) atoms. The molecule has 4 nitrogen and oxygen atoms in total. The van der Waals surface area contributed by atoms with Crippen molar-refractivity contribution < 1.29 is 0 Å². The van der Waals surface area contributed by atoms with E-state index >= 15 is 0 Å². The van der Waals surface area contributed by atoms with Crippen LogP contribution in [-0.4, -0.2) is 22.9 Å². The molecule has 0 unspecified atom stereocenters. The summed E-state index contributed by atoms with van der Waals surface area (Å²) in [6.45, 7) is 3.73. The van der Waals surface area contributed by atoms with E-state index in [9.17, 15) is 4.79 Å². The summed E-state index contributed by atoms with van der Waals surface area (Å²) in [4.78, 5) is 14.0. The minimum Gasteiger partial charge on any atom is -0.365 e. The van der Waals surface area contributed by atoms with Crippen LogP contribution in [0.4, 0.5) is 5.69 Å². The Labute approximate surface area is 141 Å². The molecule has 1 aliphatic rings. The molecule has 0 bridgehead atoms. The Hall–Kier alpha value is -2.07. The first-order chi connectivity index (χ1) is 11.1. The van der Waals surface area contributed by atoms with Gasteiger partial charge in [-0.1, -0.05) is 48.9 Å². The van der Waals surface area contributed by atoms with Crippen LogP contribution in [-0.2, 0) is 13.5 Å². The summed E-state index contributed by atoms with van der Waals surface area (Å²) in [5.41, 5.74) is 4.43. The first kappa shape index (κ1) is 15.8. The molecular weight excluding hydrogens is 310 g/mol. The van der Waals surface area contributed by atoms with Crippen LogP contribution in [0.3, 0.4) is 0 Å². The quantitative estimate of drug-likeness (QED) is 0.867. The van der Waals surface area contributed by atoms with E-state index in [1.165, 1.54) is 21.4 Å². The molecular formula is C18H20ClN3O. The zero-order chi connectivity index (χ0) is 16.4. The zero-order valence-corrected chi connectivity index (χ0v) is 14.2. The van der Waals surface area contributed by atoms with Crippen LogP contribution in [0.1, 0.15) is 24.5 Å². The highest BCUT2D eigenvalue weighted by molar-refractivity contribution is 6.33. The SMILES string of the molecule is CCc1ccc(C2=CCN(c3cnn(C)c(=O)c3Cl)CC2)cc1. The first-order valence-corrected chi connectivity index (χ1v) is 8.23. The Morgan fingerprint density at radius 1 is 1.26 bits per heavy atom. The summed E-state index contributed by atoms with van der Waals surface area (Å²) >= 11 is 6.18. The lowest BCUT2D eigenvalue weighted by atomic mass is 9.98. The molecule has 120 valence electrons. The molecule has 0 saturated carbocycles. The number of rotatable bonds is 3. The highest BCUT2D eigenvalue weighted by Crippen LogP contribution is 2.28. The molecule has 0 atom stereocenters. The van der Waals surface area contributed by atoms with Crippen molar-refractivity contribution in [2.24, 2.45) is 7.05 Å². The van der Waals surface area contributed by atoms with Gasteiger partial charge in [0.15, 0.2) is 0 Å². The van der Waals surface area contributed by atoms with Gasteiger partial charge in [0.2, 0.25) is 0 Å². The summed E-state index contributed by atoms with van der Waals surface area (Å²) < 4.78 is 1.26. The number of aromatic nitrogens is 2. The highest BCUT2D eigenvalue weighted by atomic mass is 35.5. The van der Waals surface area contributed by atoms with E-state index in [0.29, 0.717) is 5.69 Å². The van der Waals surface area contributed by atoms with E-state index in [4.69, 9.17) is 11.6 Å². The molecule has 0 spiro atoms. The summed E-state index contributed by atoms with van der Waals surface area (Å²) in [5, 5.41) is 4.31. The normalized spacial score (nSPS) is 14.7. The predicted molar refractivity (Wildman–Crippen MR) is 95.1 cm³/mol. The molecule has 0 radical (unpaired) electrons. The third-order valence-electron chi connectivity index (χ3n) is 4.34. The fourth-order valence-corrected chi connectivity index (χ4v) is 3.12. The Morgan fingerprint density at radius 2 is 2.00 bits per heavy atom. The fraction of sp³-hybridized carbons (Fsp3) is 0.333. The summed E-state index contributed by atoms with van der Waals surface area (Å²) in [5.74, 6) is 0. The lowest BCUT2D eigenvalue weighted by Gasteiger charge is -2.28. The molecule has 1 aromatic heterocycles. The summed E-state index contributed by atoms with van der Waals surface area (Å²) in [6, 6.07) is 8.74. The van der Waals surface area contributed by atoms with Crippen LogP contribution < -0.4 is 10.5 Å². The van der Waals surface area contributed by atoms with Crippen LogP contribution in [0, 0.1) is 0 Å². The molecule has 1 aromatic carbocycles. The van der Waals surface area contributed by atoms with Gasteiger partial charge < -0.3 is 4.90 Å². The smallest absolute Gasteiger partial charge is 0.287 e.